The maximum Gasteiger partial charge on any atom is 0.303 e. The van der Waals surface area contributed by atoms with Crippen LogP contribution in [0.4, 0.5) is 4.39 Å². The fourth-order valence-electron chi connectivity index (χ4n) is 4.68. The second kappa shape index (κ2) is 9.25. The number of aromatic amines is 1. The van der Waals surface area contributed by atoms with Gasteiger partial charge in [0.1, 0.15) is 17.7 Å². The van der Waals surface area contributed by atoms with Gasteiger partial charge in [0, 0.05) is 24.2 Å². The van der Waals surface area contributed by atoms with Crippen molar-refractivity contribution in [3.05, 3.63) is 66.1 Å². The van der Waals surface area contributed by atoms with Gasteiger partial charge in [-0.1, -0.05) is 18.2 Å². The van der Waals surface area contributed by atoms with Gasteiger partial charge in [-0.3, -0.25) is 4.79 Å². The minimum Gasteiger partial charge on any atom is -0.481 e. The summed E-state index contributed by atoms with van der Waals surface area (Å²) in [6.07, 6.45) is 5.32. The summed E-state index contributed by atoms with van der Waals surface area (Å²) in [7, 11) is 0. The van der Waals surface area contributed by atoms with Gasteiger partial charge < -0.3 is 14.8 Å². The molecule has 1 saturated carbocycles. The van der Waals surface area contributed by atoms with Crippen molar-refractivity contribution in [3.63, 3.8) is 0 Å². The first-order valence-corrected chi connectivity index (χ1v) is 11.6. The van der Waals surface area contributed by atoms with Crippen LogP contribution in [-0.2, 0) is 4.79 Å². The molecule has 0 bridgehead atoms. The van der Waals surface area contributed by atoms with E-state index in [9.17, 15) is 4.79 Å². The number of H-pyrrole nitrogens is 1. The molecule has 34 heavy (non-hydrogen) atoms. The van der Waals surface area contributed by atoms with Gasteiger partial charge in [-0.25, -0.2) is 14.4 Å². The van der Waals surface area contributed by atoms with Crippen molar-refractivity contribution in [2.75, 3.05) is 0 Å². The molecule has 174 valence electrons. The third-order valence-corrected chi connectivity index (χ3v) is 6.56. The van der Waals surface area contributed by atoms with Gasteiger partial charge in [0.2, 0.25) is 5.88 Å². The number of carboxylic acids is 1. The Hall–Kier alpha value is -3.74. The Labute approximate surface area is 196 Å². The lowest BCUT2D eigenvalue weighted by Gasteiger charge is -2.27. The largest absolute Gasteiger partial charge is 0.481 e. The Morgan fingerprint density at radius 3 is 2.59 bits per heavy atom. The monoisotopic (exact) mass is 459 g/mol. The summed E-state index contributed by atoms with van der Waals surface area (Å²) in [5, 5.41) is 8.95. The summed E-state index contributed by atoms with van der Waals surface area (Å²) in [5.41, 5.74) is 4.73. The molecule has 0 aliphatic heterocycles. The second-order valence-corrected chi connectivity index (χ2v) is 8.99. The molecule has 2 aromatic heterocycles. The average Bonchev–Trinajstić information content (AvgIpc) is 3.26. The highest BCUT2D eigenvalue weighted by Gasteiger charge is 2.24. The Kier molecular flexibility index (Phi) is 6.01. The Morgan fingerprint density at radius 2 is 1.91 bits per heavy atom. The van der Waals surface area contributed by atoms with Gasteiger partial charge in [-0.05, 0) is 73.9 Å². The van der Waals surface area contributed by atoms with E-state index in [-0.39, 0.29) is 24.3 Å². The summed E-state index contributed by atoms with van der Waals surface area (Å²) >= 11 is 0. The number of rotatable bonds is 6. The summed E-state index contributed by atoms with van der Waals surface area (Å²) in [4.78, 5) is 23.1. The predicted octanol–water partition coefficient (Wildman–Crippen LogP) is 6.15. The number of aryl methyl sites for hydroxylation is 1. The van der Waals surface area contributed by atoms with Crippen LogP contribution in [0, 0.1) is 18.7 Å². The highest BCUT2D eigenvalue weighted by Crippen LogP contribution is 2.31. The molecule has 2 N–H and O–H groups in total. The zero-order valence-corrected chi connectivity index (χ0v) is 18.9. The van der Waals surface area contributed by atoms with E-state index < -0.39 is 5.97 Å². The number of aromatic nitrogens is 3. The fraction of sp³-hybridized carbons (Fsp3) is 0.296. The van der Waals surface area contributed by atoms with Crippen LogP contribution in [0.1, 0.15) is 37.7 Å². The lowest BCUT2D eigenvalue weighted by atomic mass is 9.85. The molecule has 0 saturated heterocycles. The van der Waals surface area contributed by atoms with E-state index in [1.807, 2.05) is 37.3 Å². The number of aliphatic carboxylic acids is 1. The van der Waals surface area contributed by atoms with Gasteiger partial charge in [0.15, 0.2) is 0 Å². The maximum atomic E-state index is 15.0. The van der Waals surface area contributed by atoms with E-state index >= 15 is 4.39 Å². The van der Waals surface area contributed by atoms with Crippen molar-refractivity contribution in [2.45, 2.75) is 45.1 Å². The van der Waals surface area contributed by atoms with Gasteiger partial charge in [-0.15, -0.1) is 0 Å². The van der Waals surface area contributed by atoms with Crippen molar-refractivity contribution in [3.8, 4) is 28.4 Å². The number of carbonyl (C=O) groups is 1. The van der Waals surface area contributed by atoms with E-state index in [1.165, 1.54) is 6.07 Å². The van der Waals surface area contributed by atoms with Crippen LogP contribution < -0.4 is 4.74 Å². The van der Waals surface area contributed by atoms with E-state index in [0.29, 0.717) is 17.3 Å². The molecule has 2 heterocycles. The number of benzene rings is 2. The van der Waals surface area contributed by atoms with Crippen LogP contribution in [-0.4, -0.2) is 32.1 Å². The first-order valence-electron chi connectivity index (χ1n) is 11.6. The first kappa shape index (κ1) is 22.1. The topological polar surface area (TPSA) is 88.1 Å². The number of nitrogens with zero attached hydrogens (tertiary/aromatic N) is 2. The SMILES string of the molecule is Cc1cccc2nc(-c3ccc(-c4ccc(O[C@H]5CC[C@H](CC(=O)O)CC5)nc4)cc3F)[nH]c12. The number of imidazole rings is 1. The molecular weight excluding hydrogens is 433 g/mol. The number of para-hydroxylation sites is 1. The third kappa shape index (κ3) is 4.64. The third-order valence-electron chi connectivity index (χ3n) is 6.56. The van der Waals surface area contributed by atoms with E-state index in [0.717, 1.165) is 53.4 Å². The van der Waals surface area contributed by atoms with Crippen LogP contribution in [0.25, 0.3) is 33.5 Å². The van der Waals surface area contributed by atoms with Crippen molar-refractivity contribution >= 4 is 17.0 Å². The minimum atomic E-state index is -0.737. The lowest BCUT2D eigenvalue weighted by molar-refractivity contribution is -0.138. The molecule has 0 unspecified atom stereocenters. The van der Waals surface area contributed by atoms with Gasteiger partial charge in [0.05, 0.1) is 16.6 Å². The Bertz CT molecular complexity index is 1320. The molecule has 7 heteroatoms. The first-order chi connectivity index (χ1) is 16.5. The number of hydrogen-bond acceptors (Lipinski definition) is 4. The van der Waals surface area contributed by atoms with Crippen LogP contribution in [0.5, 0.6) is 5.88 Å². The number of carboxylic acid groups (broad SMARTS) is 1. The minimum absolute atomic E-state index is 0.0487. The summed E-state index contributed by atoms with van der Waals surface area (Å²) in [6.45, 7) is 1.99. The number of halogens is 1. The molecule has 5 rings (SSSR count). The number of pyridine rings is 1. The average molecular weight is 460 g/mol. The van der Waals surface area contributed by atoms with Crippen LogP contribution in [0.15, 0.2) is 54.7 Å². The highest BCUT2D eigenvalue weighted by molar-refractivity contribution is 5.82. The molecule has 1 aliphatic rings. The molecule has 1 aliphatic carbocycles. The lowest BCUT2D eigenvalue weighted by Crippen LogP contribution is -2.25. The van der Waals surface area contributed by atoms with E-state index in [2.05, 4.69) is 15.0 Å². The van der Waals surface area contributed by atoms with Crippen LogP contribution in [0.3, 0.4) is 0 Å². The van der Waals surface area contributed by atoms with Crippen LogP contribution in [0.2, 0.25) is 0 Å². The van der Waals surface area contributed by atoms with Crippen molar-refractivity contribution < 1.29 is 19.0 Å². The van der Waals surface area contributed by atoms with Gasteiger partial charge in [0.25, 0.3) is 0 Å². The van der Waals surface area contributed by atoms with Crippen molar-refractivity contribution in [2.24, 2.45) is 5.92 Å². The van der Waals surface area contributed by atoms with E-state index in [1.54, 1.807) is 18.3 Å². The zero-order chi connectivity index (χ0) is 23.7. The summed E-state index contributed by atoms with van der Waals surface area (Å²) in [5.74, 6) is 0.175. The molecule has 0 spiro atoms. The smallest absolute Gasteiger partial charge is 0.303 e. The molecule has 6 nitrogen and oxygen atoms in total. The fourth-order valence-corrected chi connectivity index (χ4v) is 4.68. The quantitative estimate of drug-likeness (QED) is 0.361. The molecule has 0 atom stereocenters. The molecule has 0 radical (unpaired) electrons. The van der Waals surface area contributed by atoms with Gasteiger partial charge >= 0.3 is 5.97 Å². The second-order valence-electron chi connectivity index (χ2n) is 8.99. The Morgan fingerprint density at radius 1 is 1.12 bits per heavy atom. The van der Waals surface area contributed by atoms with Crippen LogP contribution >= 0.6 is 0 Å². The predicted molar refractivity (Wildman–Crippen MR) is 128 cm³/mol. The van der Waals surface area contributed by atoms with Crippen molar-refractivity contribution in [1.82, 2.24) is 15.0 Å². The molecule has 4 aromatic rings. The number of fused-ring (bicyclic) bond motifs is 1. The maximum absolute atomic E-state index is 15.0. The standard InChI is InChI=1S/C27H26FN3O3/c1-16-3-2-4-23-26(16)31-27(30-23)21-11-7-18(14-22(21)28)19-8-12-24(29-15-19)34-20-9-5-17(6-10-20)13-25(32)33/h2-4,7-8,11-12,14-15,17,20H,5-6,9-10,13H2,1H3,(H,30,31)(H,32,33)/t17-,20-. The Balaban J connectivity index is 1.27. The molecule has 1 fully saturated rings. The normalized spacial score (nSPS) is 18.2. The number of nitrogens with one attached hydrogen (secondary N) is 1. The van der Waals surface area contributed by atoms with Gasteiger partial charge in [-0.2, -0.15) is 0 Å². The molecular formula is C27H26FN3O3. The molecule has 2 aromatic carbocycles. The molecule has 0 amide bonds. The zero-order valence-electron chi connectivity index (χ0n) is 18.9. The number of hydrogen-bond donors (Lipinski definition) is 2. The summed E-state index contributed by atoms with van der Waals surface area (Å²) in [6, 6.07) is 14.6. The van der Waals surface area contributed by atoms with Crippen molar-refractivity contribution in [1.29, 1.82) is 0 Å². The highest BCUT2D eigenvalue weighted by atomic mass is 19.1. The summed E-state index contributed by atoms with van der Waals surface area (Å²) < 4.78 is 21.0. The number of ether oxygens (including phenoxy) is 1. The van der Waals surface area contributed by atoms with E-state index in [4.69, 9.17) is 9.84 Å².